The molecule has 14 nitrogen and oxygen atoms in total. The van der Waals surface area contributed by atoms with Crippen molar-refractivity contribution in [3.8, 4) is 0 Å². The molecule has 0 saturated heterocycles. The molecule has 0 spiro atoms. The minimum atomic E-state index is -1.33. The number of hydrogen-bond acceptors (Lipinski definition) is 9. The van der Waals surface area contributed by atoms with Crippen LogP contribution in [0.5, 0.6) is 0 Å². The van der Waals surface area contributed by atoms with E-state index in [1.807, 2.05) is 6.07 Å². The molecule has 0 amide bonds. The predicted octanol–water partition coefficient (Wildman–Crippen LogP) is -1.86. The van der Waals surface area contributed by atoms with E-state index in [9.17, 15) is 39.3 Å². The average Bonchev–Trinajstić information content (AvgIpc) is 2.76. The molecule has 0 aliphatic heterocycles. The van der Waals surface area contributed by atoms with Crippen molar-refractivity contribution in [2.45, 2.75) is 12.6 Å². The molecule has 0 fully saturated rings. The fourth-order valence-corrected chi connectivity index (χ4v) is 3.32. The molecule has 0 aliphatic carbocycles. The molecule has 1 aromatic rings. The molecule has 1 rings (SSSR count). The molecular weight excluding hydrogens is 685 g/mol. The fourth-order valence-electron chi connectivity index (χ4n) is 3.32. The van der Waals surface area contributed by atoms with Gasteiger partial charge < -0.3 is 30.3 Å². The minimum Gasteiger partial charge on any atom is -0.480 e. The average molecular weight is 717 g/mol. The number of aliphatic carboxylic acids is 5. The van der Waals surface area contributed by atoms with E-state index in [2.05, 4.69) is 0 Å². The quantitative estimate of drug-likeness (QED) is 0.0940. The molecule has 0 bridgehead atoms. The van der Waals surface area contributed by atoms with Gasteiger partial charge in [-0.1, -0.05) is 30.3 Å². The van der Waals surface area contributed by atoms with E-state index >= 15 is 0 Å². The summed E-state index contributed by atoms with van der Waals surface area (Å²) in [5.74, 6) is -6.34. The monoisotopic (exact) mass is 717 g/mol. The summed E-state index contributed by atoms with van der Waals surface area (Å²) >= 11 is 0. The maximum absolute atomic E-state index is 11.9. The molecule has 5 N–H and O–H groups in total. The molecule has 17 heteroatoms. The van der Waals surface area contributed by atoms with Crippen LogP contribution in [0.1, 0.15) is 5.56 Å². The summed E-state index contributed by atoms with van der Waals surface area (Å²) in [7, 11) is 0. The Bertz CT molecular complexity index is 883. The van der Waals surface area contributed by atoms with Crippen molar-refractivity contribution in [2.24, 2.45) is 0 Å². The summed E-state index contributed by atoms with van der Waals surface area (Å²) in [5.41, 5.74) is 0.798. The van der Waals surface area contributed by atoms with Crippen molar-refractivity contribution in [2.75, 3.05) is 59.0 Å². The number of ether oxygens (including phenoxy) is 1. The number of carboxylic acids is 5. The van der Waals surface area contributed by atoms with Crippen LogP contribution in [0.15, 0.2) is 30.3 Å². The van der Waals surface area contributed by atoms with Gasteiger partial charge in [0.15, 0.2) is 0 Å². The Hall–Kier alpha value is -0.265. The topological polar surface area (TPSA) is 205 Å². The van der Waals surface area contributed by atoms with Gasteiger partial charge in [0, 0.05) is 85.3 Å². The van der Waals surface area contributed by atoms with Crippen LogP contribution in [0.25, 0.3) is 0 Å². The first-order valence-electron chi connectivity index (χ1n) is 10.9. The van der Waals surface area contributed by atoms with Crippen LogP contribution in [0.3, 0.4) is 0 Å². The van der Waals surface area contributed by atoms with Gasteiger partial charge in [0.25, 0.3) is 0 Å². The van der Waals surface area contributed by atoms with Gasteiger partial charge in [-0.3, -0.25) is 38.7 Å². The molecule has 1 unspecified atom stereocenters. The van der Waals surface area contributed by atoms with Crippen LogP contribution in [0, 0.1) is 39.9 Å². The first-order valence-corrected chi connectivity index (χ1v) is 10.9. The van der Waals surface area contributed by atoms with Crippen LogP contribution in [0.2, 0.25) is 0 Å². The SMILES string of the molecule is O=C(O)CN(CCN(CC(=O)O)CC(=O)O)CCN(CC(=O)O)C(COCc1ccccc1)C(=O)O.[Gd+3].[Na].[Na]. The minimum absolute atomic E-state index is 0. The third-order valence-electron chi connectivity index (χ3n) is 4.96. The van der Waals surface area contributed by atoms with E-state index in [4.69, 9.17) is 14.9 Å². The van der Waals surface area contributed by atoms with Crippen molar-refractivity contribution < 1.29 is 94.2 Å². The third-order valence-corrected chi connectivity index (χ3v) is 4.96. The van der Waals surface area contributed by atoms with Crippen molar-refractivity contribution in [1.29, 1.82) is 0 Å². The Morgan fingerprint density at radius 2 is 1.10 bits per heavy atom. The Kier molecular flexibility index (Phi) is 27.0. The Morgan fingerprint density at radius 1 is 0.667 bits per heavy atom. The zero-order valence-corrected chi connectivity index (χ0v) is 28.2. The van der Waals surface area contributed by atoms with E-state index < -0.39 is 62.1 Å². The molecule has 3 radical (unpaired) electrons. The van der Waals surface area contributed by atoms with E-state index in [-0.39, 0.29) is 138 Å². The predicted molar refractivity (Wildman–Crippen MR) is 134 cm³/mol. The summed E-state index contributed by atoms with van der Waals surface area (Å²) in [6.07, 6.45) is 0. The standard InChI is InChI=1S/C22H31N3O11.Gd.2Na/c26-18(27)10-23(6-7-24(11-19(28)29)12-20(30)31)8-9-25(13-21(32)33)17(22(34)35)15-36-14-16-4-2-1-3-5-16;;;/h1-5,17H,6-15H2,(H,26,27)(H,28,29)(H,30,31)(H,32,33)(H,34,35);;;/q;+3;;. The van der Waals surface area contributed by atoms with Gasteiger partial charge in [0.2, 0.25) is 0 Å². The first kappa shape index (κ1) is 43.2. The molecule has 39 heavy (non-hydrogen) atoms. The number of benzene rings is 1. The van der Waals surface area contributed by atoms with Gasteiger partial charge in [-0.15, -0.1) is 0 Å². The van der Waals surface area contributed by atoms with Gasteiger partial charge in [-0.05, 0) is 5.56 Å². The molecule has 1 aromatic carbocycles. The molecule has 0 aromatic heterocycles. The van der Waals surface area contributed by atoms with Gasteiger partial charge in [-0.25, -0.2) is 0 Å². The number of rotatable bonds is 20. The van der Waals surface area contributed by atoms with Crippen LogP contribution in [-0.4, -0.2) is 194 Å². The summed E-state index contributed by atoms with van der Waals surface area (Å²) < 4.78 is 5.49. The number of carbonyl (C=O) groups is 5. The number of carboxylic acid groups (broad SMARTS) is 5. The maximum Gasteiger partial charge on any atom is 3.00 e. The fraction of sp³-hybridized carbons (Fsp3) is 0.500. The maximum atomic E-state index is 11.9. The van der Waals surface area contributed by atoms with E-state index in [1.165, 1.54) is 4.90 Å². The molecule has 1 atom stereocenters. The summed E-state index contributed by atoms with van der Waals surface area (Å²) in [5, 5.41) is 46.1. The van der Waals surface area contributed by atoms with Crippen molar-refractivity contribution in [3.05, 3.63) is 35.9 Å². The van der Waals surface area contributed by atoms with Gasteiger partial charge in [-0.2, -0.15) is 0 Å². The van der Waals surface area contributed by atoms with Crippen LogP contribution in [0.4, 0.5) is 0 Å². The largest absolute Gasteiger partial charge is 3.00 e. The van der Waals surface area contributed by atoms with E-state index in [1.54, 1.807) is 24.3 Å². The zero-order valence-electron chi connectivity index (χ0n) is 21.9. The number of hydrogen-bond donors (Lipinski definition) is 5. The summed E-state index contributed by atoms with van der Waals surface area (Å²) in [6, 6.07) is 7.62. The second-order valence-electron chi connectivity index (χ2n) is 7.89. The smallest absolute Gasteiger partial charge is 0.480 e. The Labute approximate surface area is 301 Å². The van der Waals surface area contributed by atoms with E-state index in [0.29, 0.717) is 0 Å². The Morgan fingerprint density at radius 3 is 1.56 bits per heavy atom. The summed E-state index contributed by atoms with van der Waals surface area (Å²) in [4.78, 5) is 60.1. The van der Waals surface area contributed by atoms with Crippen LogP contribution >= 0.6 is 0 Å². The Balaban J connectivity index is -0.00000432. The van der Waals surface area contributed by atoms with Gasteiger partial charge >= 0.3 is 69.8 Å². The van der Waals surface area contributed by atoms with Crippen molar-refractivity contribution in [1.82, 2.24) is 14.7 Å². The molecule has 0 heterocycles. The second kappa shape index (κ2) is 24.3. The normalized spacial score (nSPS) is 11.2. The first-order chi connectivity index (χ1) is 17.0. The van der Waals surface area contributed by atoms with E-state index in [0.717, 1.165) is 15.4 Å². The van der Waals surface area contributed by atoms with Gasteiger partial charge in [0.1, 0.15) is 6.04 Å². The summed E-state index contributed by atoms with van der Waals surface area (Å²) in [6.45, 7) is -2.85. The van der Waals surface area contributed by atoms with Crippen LogP contribution < -0.4 is 0 Å². The van der Waals surface area contributed by atoms with Crippen LogP contribution in [-0.2, 0) is 35.3 Å². The second-order valence-corrected chi connectivity index (χ2v) is 7.89. The third kappa shape index (κ3) is 21.1. The molecule has 0 aliphatic rings. The molecule has 207 valence electrons. The number of nitrogens with zero attached hydrogens (tertiary/aromatic N) is 3. The van der Waals surface area contributed by atoms with Crippen molar-refractivity contribution in [3.63, 3.8) is 0 Å². The van der Waals surface area contributed by atoms with Crippen molar-refractivity contribution >= 4 is 89.0 Å². The molecular formula is C22H31GdN3Na2O11+3. The zero-order chi connectivity index (χ0) is 27.1. The van der Waals surface area contributed by atoms with Gasteiger partial charge in [0.05, 0.1) is 39.4 Å². The molecule has 0 saturated carbocycles.